The predicted octanol–water partition coefficient (Wildman–Crippen LogP) is 0.662. The van der Waals surface area contributed by atoms with Gasteiger partial charge in [0.15, 0.2) is 0 Å². The summed E-state index contributed by atoms with van der Waals surface area (Å²) in [5.41, 5.74) is 22.5. The van der Waals surface area contributed by atoms with Crippen LogP contribution in [-0.2, 0) is 39.7 Å². The van der Waals surface area contributed by atoms with E-state index >= 15 is 0 Å². The van der Waals surface area contributed by atoms with Crippen LogP contribution in [0.4, 0.5) is 22.7 Å². The van der Waals surface area contributed by atoms with E-state index in [0.29, 0.717) is 5.69 Å². The molecule has 0 aliphatic rings. The Bertz CT molecular complexity index is 2100. The van der Waals surface area contributed by atoms with Crippen LogP contribution < -0.4 is 33.2 Å². The smallest absolute Gasteiger partial charge is 0.240 e. The number of sulfone groups is 2. The number of nitrogen functional groups attached to an aromatic ring is 4. The fourth-order valence-electron chi connectivity index (χ4n) is 3.48. The van der Waals surface area contributed by atoms with Crippen molar-refractivity contribution in [3.05, 3.63) is 84.9 Å². The lowest BCUT2D eigenvalue weighted by atomic mass is 10.3. The van der Waals surface area contributed by atoms with Gasteiger partial charge >= 0.3 is 0 Å². The highest BCUT2D eigenvalue weighted by Crippen LogP contribution is 2.28. The maximum absolute atomic E-state index is 12.4. The van der Waals surface area contributed by atoms with Gasteiger partial charge in [-0.2, -0.15) is 0 Å². The summed E-state index contributed by atoms with van der Waals surface area (Å²) in [7, 11) is -15.9. The molecule has 0 aliphatic heterocycles. The Balaban J connectivity index is 0.000000230. The van der Waals surface area contributed by atoms with Gasteiger partial charge in [-0.3, -0.25) is 0 Å². The Labute approximate surface area is 242 Å². The van der Waals surface area contributed by atoms with E-state index in [0.717, 1.165) is 24.3 Å². The first-order valence-corrected chi connectivity index (χ1v) is 17.4. The molecule has 0 atom stereocenters. The van der Waals surface area contributed by atoms with Crippen LogP contribution in [0.25, 0.3) is 0 Å². The van der Waals surface area contributed by atoms with Crippen molar-refractivity contribution < 1.29 is 33.7 Å². The van der Waals surface area contributed by atoms with Crippen LogP contribution >= 0.6 is 0 Å². The Morgan fingerprint density at radius 2 is 0.881 bits per heavy atom. The fourth-order valence-corrected chi connectivity index (χ4v) is 7.53. The molecule has 4 aromatic carbocycles. The predicted molar refractivity (Wildman–Crippen MR) is 157 cm³/mol. The van der Waals surface area contributed by atoms with Crippen molar-refractivity contribution in [2.45, 2.75) is 29.4 Å². The molecule has 0 heterocycles. The van der Waals surface area contributed by atoms with Gasteiger partial charge in [0.05, 0.1) is 31.0 Å². The molecule has 14 nitrogen and oxygen atoms in total. The highest BCUT2D eigenvalue weighted by Gasteiger charge is 2.23. The standard InChI is InChI=1S/2C12H13N3O4S2/c13-8-1-3-9(4-2-8)20(16,17)10-5-6-12(11(14)7-10)21(15,18)19;13-8-2-1-3-9(6-8)20(16,17)10-4-5-11(14)12(7-10)21(15,18)19/h2*1-7H,13-14H2,(H2,15,18,19). The summed E-state index contributed by atoms with van der Waals surface area (Å²) in [5, 5.41) is 9.98. The third kappa shape index (κ3) is 7.16. The lowest BCUT2D eigenvalue weighted by molar-refractivity contribution is 0.593. The van der Waals surface area contributed by atoms with Crippen molar-refractivity contribution in [2.24, 2.45) is 10.3 Å². The minimum absolute atomic E-state index is 0.0273. The lowest BCUT2D eigenvalue weighted by Gasteiger charge is -2.08. The average molecular weight is 655 g/mol. The van der Waals surface area contributed by atoms with E-state index in [-0.39, 0.29) is 41.5 Å². The van der Waals surface area contributed by atoms with Crippen molar-refractivity contribution in [3.8, 4) is 0 Å². The van der Waals surface area contributed by atoms with E-state index in [1.165, 1.54) is 60.7 Å². The summed E-state index contributed by atoms with van der Waals surface area (Å²) < 4.78 is 95.0. The molecule has 4 aromatic rings. The Morgan fingerprint density at radius 1 is 0.405 bits per heavy atom. The molecule has 0 unspecified atom stereocenters. The molecular formula is C24H26N6O8S4. The van der Waals surface area contributed by atoms with Gasteiger partial charge in [-0.25, -0.2) is 43.9 Å². The number of rotatable bonds is 6. The lowest BCUT2D eigenvalue weighted by Crippen LogP contribution is -2.15. The van der Waals surface area contributed by atoms with Gasteiger partial charge in [0.2, 0.25) is 39.7 Å². The maximum atomic E-state index is 12.4. The zero-order valence-electron chi connectivity index (χ0n) is 21.4. The topological polar surface area (TPSA) is 293 Å². The first-order valence-electron chi connectivity index (χ1n) is 11.3. The maximum Gasteiger partial charge on any atom is 0.240 e. The zero-order chi connectivity index (χ0) is 31.7. The third-order valence-corrected chi connectivity index (χ3v) is 11.0. The monoisotopic (exact) mass is 654 g/mol. The molecule has 0 saturated carbocycles. The normalized spacial score (nSPS) is 12.2. The summed E-state index contributed by atoms with van der Waals surface area (Å²) in [6.45, 7) is 0. The van der Waals surface area contributed by atoms with Crippen LogP contribution in [-0.4, -0.2) is 33.7 Å². The third-order valence-electron chi connectivity index (χ3n) is 5.56. The number of sulfonamides is 2. The molecular weight excluding hydrogens is 629 g/mol. The number of hydrogen-bond acceptors (Lipinski definition) is 12. The Morgan fingerprint density at radius 3 is 1.40 bits per heavy atom. The van der Waals surface area contributed by atoms with Crippen LogP contribution in [0.15, 0.2) is 114 Å². The van der Waals surface area contributed by atoms with Crippen molar-refractivity contribution >= 4 is 62.5 Å². The van der Waals surface area contributed by atoms with Gasteiger partial charge < -0.3 is 22.9 Å². The number of hydrogen-bond donors (Lipinski definition) is 6. The van der Waals surface area contributed by atoms with Crippen molar-refractivity contribution in [1.29, 1.82) is 0 Å². The fraction of sp³-hybridized carbons (Fsp3) is 0. The molecule has 4 rings (SSSR count). The molecule has 0 saturated heterocycles. The summed E-state index contributed by atoms with van der Waals surface area (Å²) >= 11 is 0. The molecule has 0 fully saturated rings. The van der Waals surface area contributed by atoms with Crippen LogP contribution in [0.3, 0.4) is 0 Å². The zero-order valence-corrected chi connectivity index (χ0v) is 24.7. The molecule has 42 heavy (non-hydrogen) atoms. The minimum Gasteiger partial charge on any atom is -0.399 e. The molecule has 0 spiro atoms. The molecule has 0 radical (unpaired) electrons. The van der Waals surface area contributed by atoms with Gasteiger partial charge in [-0.15, -0.1) is 0 Å². The van der Waals surface area contributed by atoms with E-state index in [4.69, 9.17) is 33.2 Å². The first-order chi connectivity index (χ1) is 19.2. The quantitative estimate of drug-likeness (QED) is 0.156. The summed E-state index contributed by atoms with van der Waals surface area (Å²) in [6.07, 6.45) is 0. The second-order valence-corrected chi connectivity index (χ2v) is 15.6. The first kappa shape index (κ1) is 32.3. The van der Waals surface area contributed by atoms with Gasteiger partial charge in [-0.1, -0.05) is 6.07 Å². The van der Waals surface area contributed by atoms with Crippen LogP contribution in [0.1, 0.15) is 0 Å². The molecule has 224 valence electrons. The van der Waals surface area contributed by atoms with E-state index in [1.54, 1.807) is 0 Å². The molecule has 12 N–H and O–H groups in total. The van der Waals surface area contributed by atoms with Crippen molar-refractivity contribution in [2.75, 3.05) is 22.9 Å². The number of primary sulfonamides is 2. The number of nitrogens with two attached hydrogens (primary N) is 6. The van der Waals surface area contributed by atoms with Crippen molar-refractivity contribution in [1.82, 2.24) is 0 Å². The Kier molecular flexibility index (Phi) is 8.92. The summed E-state index contributed by atoms with van der Waals surface area (Å²) in [6, 6.07) is 17.9. The van der Waals surface area contributed by atoms with E-state index in [2.05, 4.69) is 0 Å². The Hall–Kier alpha value is -4.20. The van der Waals surface area contributed by atoms with E-state index in [9.17, 15) is 33.7 Å². The molecule has 18 heteroatoms. The number of benzene rings is 4. The molecule has 0 bridgehead atoms. The van der Waals surface area contributed by atoms with E-state index < -0.39 is 44.6 Å². The minimum atomic E-state index is -4.12. The SMILES string of the molecule is Nc1ccc(S(=O)(=O)c2ccc(S(N)(=O)=O)c(N)c2)cc1.Nc1cccc(S(=O)(=O)c2ccc(N)c(S(N)(=O)=O)c2)c1. The second kappa shape index (κ2) is 11.6. The summed E-state index contributed by atoms with van der Waals surface area (Å²) in [5.74, 6) is 0. The van der Waals surface area contributed by atoms with E-state index in [1.807, 2.05) is 0 Å². The number of anilines is 4. The molecule has 0 aliphatic carbocycles. The van der Waals surface area contributed by atoms with Crippen LogP contribution in [0, 0.1) is 0 Å². The van der Waals surface area contributed by atoms with Gasteiger partial charge in [0.1, 0.15) is 9.79 Å². The largest absolute Gasteiger partial charge is 0.399 e. The highest BCUT2D eigenvalue weighted by molar-refractivity contribution is 7.92. The average Bonchev–Trinajstić information content (AvgIpc) is 2.88. The van der Waals surface area contributed by atoms with Gasteiger partial charge in [0, 0.05) is 11.4 Å². The molecule has 0 amide bonds. The molecule has 0 aromatic heterocycles. The summed E-state index contributed by atoms with van der Waals surface area (Å²) in [4.78, 5) is -1.14. The van der Waals surface area contributed by atoms with Crippen molar-refractivity contribution in [3.63, 3.8) is 0 Å². The van der Waals surface area contributed by atoms with Crippen LogP contribution in [0.5, 0.6) is 0 Å². The van der Waals surface area contributed by atoms with Crippen LogP contribution in [0.2, 0.25) is 0 Å². The van der Waals surface area contributed by atoms with Gasteiger partial charge in [0.25, 0.3) is 0 Å². The second-order valence-electron chi connectivity index (χ2n) is 8.64. The highest BCUT2D eigenvalue weighted by atomic mass is 32.2. The van der Waals surface area contributed by atoms with Gasteiger partial charge in [-0.05, 0) is 78.9 Å².